The quantitative estimate of drug-likeness (QED) is 0.823. The van der Waals surface area contributed by atoms with Crippen LogP contribution >= 0.6 is 0 Å². The summed E-state index contributed by atoms with van der Waals surface area (Å²) in [6, 6.07) is 9.62. The second-order valence-corrected chi connectivity index (χ2v) is 7.16. The van der Waals surface area contributed by atoms with Gasteiger partial charge in [0.05, 0.1) is 5.92 Å². The molecule has 0 bridgehead atoms. The van der Waals surface area contributed by atoms with Crippen molar-refractivity contribution >= 4 is 17.7 Å². The number of rotatable bonds is 3. The molecule has 1 atom stereocenters. The summed E-state index contributed by atoms with van der Waals surface area (Å²) in [4.78, 5) is 42.8. The molecule has 3 fully saturated rings. The summed E-state index contributed by atoms with van der Waals surface area (Å²) in [6.45, 7) is 2.77. The van der Waals surface area contributed by atoms with E-state index in [1.807, 2.05) is 40.1 Å². The highest BCUT2D eigenvalue weighted by Gasteiger charge is 2.43. The maximum Gasteiger partial charge on any atom is 0.253 e. The number of likely N-dealkylation sites (tertiary alicyclic amines) is 1. The lowest BCUT2D eigenvalue weighted by molar-refractivity contribution is -0.137. The maximum absolute atomic E-state index is 12.7. The van der Waals surface area contributed by atoms with Crippen LogP contribution in [0.5, 0.6) is 0 Å². The van der Waals surface area contributed by atoms with E-state index in [2.05, 4.69) is 0 Å². The second-order valence-electron chi connectivity index (χ2n) is 7.16. The van der Waals surface area contributed by atoms with Crippen LogP contribution in [-0.2, 0) is 9.59 Å². The van der Waals surface area contributed by atoms with E-state index in [1.165, 1.54) is 0 Å². The fourth-order valence-corrected chi connectivity index (χ4v) is 3.79. The smallest absolute Gasteiger partial charge is 0.253 e. The number of hydrogen-bond acceptors (Lipinski definition) is 3. The molecule has 0 radical (unpaired) electrons. The SMILES string of the molecule is O=C(c1ccccc1)N1CCN(C(=O)C2CC(=O)N(C3CC3)C2)CC1. The molecule has 2 aliphatic heterocycles. The summed E-state index contributed by atoms with van der Waals surface area (Å²) < 4.78 is 0. The van der Waals surface area contributed by atoms with Gasteiger partial charge >= 0.3 is 0 Å². The van der Waals surface area contributed by atoms with E-state index in [0.29, 0.717) is 50.7 Å². The van der Waals surface area contributed by atoms with Crippen molar-refractivity contribution in [2.24, 2.45) is 5.92 Å². The second kappa shape index (κ2) is 6.50. The molecule has 4 rings (SSSR count). The van der Waals surface area contributed by atoms with Gasteiger partial charge in [0.2, 0.25) is 11.8 Å². The Morgan fingerprint density at radius 3 is 2.20 bits per heavy atom. The van der Waals surface area contributed by atoms with Crippen LogP contribution in [0, 0.1) is 5.92 Å². The van der Waals surface area contributed by atoms with E-state index in [-0.39, 0.29) is 23.6 Å². The summed E-state index contributed by atoms with van der Waals surface area (Å²) in [5.74, 6) is 0.00942. The molecule has 1 aliphatic carbocycles. The minimum Gasteiger partial charge on any atom is -0.339 e. The number of carbonyl (C=O) groups is 3. The van der Waals surface area contributed by atoms with Crippen LogP contribution in [0.25, 0.3) is 0 Å². The Hall–Kier alpha value is -2.37. The van der Waals surface area contributed by atoms with E-state index in [1.54, 1.807) is 4.90 Å². The molecule has 0 aromatic heterocycles. The monoisotopic (exact) mass is 341 g/mol. The zero-order valence-corrected chi connectivity index (χ0v) is 14.3. The lowest BCUT2D eigenvalue weighted by Crippen LogP contribution is -2.52. The van der Waals surface area contributed by atoms with E-state index in [9.17, 15) is 14.4 Å². The van der Waals surface area contributed by atoms with E-state index < -0.39 is 0 Å². The minimum atomic E-state index is -0.204. The van der Waals surface area contributed by atoms with Crippen molar-refractivity contribution in [2.45, 2.75) is 25.3 Å². The van der Waals surface area contributed by atoms with Gasteiger partial charge in [0.15, 0.2) is 0 Å². The van der Waals surface area contributed by atoms with Gasteiger partial charge in [0, 0.05) is 50.7 Å². The van der Waals surface area contributed by atoms with E-state index in [0.717, 1.165) is 12.8 Å². The first-order valence-corrected chi connectivity index (χ1v) is 9.06. The van der Waals surface area contributed by atoms with Crippen molar-refractivity contribution < 1.29 is 14.4 Å². The normalized spacial score (nSPS) is 23.9. The Balaban J connectivity index is 1.32. The van der Waals surface area contributed by atoms with Crippen LogP contribution in [0.4, 0.5) is 0 Å². The van der Waals surface area contributed by atoms with Gasteiger partial charge in [0.25, 0.3) is 5.91 Å². The molecule has 1 saturated carbocycles. The number of piperazine rings is 1. The van der Waals surface area contributed by atoms with Gasteiger partial charge in [0.1, 0.15) is 0 Å². The first kappa shape index (κ1) is 16.1. The zero-order valence-electron chi connectivity index (χ0n) is 14.3. The van der Waals surface area contributed by atoms with Crippen molar-refractivity contribution in [1.29, 1.82) is 0 Å². The molecule has 0 N–H and O–H groups in total. The average molecular weight is 341 g/mol. The predicted octanol–water partition coefficient (Wildman–Crippen LogP) is 0.982. The molecule has 25 heavy (non-hydrogen) atoms. The lowest BCUT2D eigenvalue weighted by atomic mass is 10.1. The van der Waals surface area contributed by atoms with E-state index >= 15 is 0 Å². The third-order valence-corrected chi connectivity index (χ3v) is 5.39. The first-order valence-electron chi connectivity index (χ1n) is 9.06. The molecule has 6 heteroatoms. The van der Waals surface area contributed by atoms with Crippen molar-refractivity contribution in [3.05, 3.63) is 35.9 Å². The number of benzene rings is 1. The van der Waals surface area contributed by atoms with Crippen molar-refractivity contribution in [2.75, 3.05) is 32.7 Å². The molecule has 3 aliphatic rings. The fourth-order valence-electron chi connectivity index (χ4n) is 3.79. The molecular formula is C19H23N3O3. The van der Waals surface area contributed by atoms with Crippen molar-refractivity contribution in [3.63, 3.8) is 0 Å². The molecule has 2 heterocycles. The van der Waals surface area contributed by atoms with Crippen LogP contribution in [0.1, 0.15) is 29.6 Å². The highest BCUT2D eigenvalue weighted by Crippen LogP contribution is 2.33. The van der Waals surface area contributed by atoms with Gasteiger partial charge in [-0.25, -0.2) is 0 Å². The highest BCUT2D eigenvalue weighted by molar-refractivity contribution is 5.94. The van der Waals surface area contributed by atoms with E-state index in [4.69, 9.17) is 0 Å². The summed E-state index contributed by atoms with van der Waals surface area (Å²) in [6.07, 6.45) is 2.50. The largest absolute Gasteiger partial charge is 0.339 e. The Labute approximate surface area is 147 Å². The average Bonchev–Trinajstić information content (AvgIpc) is 3.43. The summed E-state index contributed by atoms with van der Waals surface area (Å²) in [7, 11) is 0. The number of hydrogen-bond donors (Lipinski definition) is 0. The minimum absolute atomic E-state index is 0.0173. The third-order valence-electron chi connectivity index (χ3n) is 5.39. The Morgan fingerprint density at radius 2 is 1.56 bits per heavy atom. The molecule has 1 aromatic carbocycles. The van der Waals surface area contributed by atoms with Crippen LogP contribution < -0.4 is 0 Å². The molecule has 3 amide bonds. The van der Waals surface area contributed by atoms with Crippen LogP contribution in [-0.4, -0.2) is 71.2 Å². The van der Waals surface area contributed by atoms with Crippen molar-refractivity contribution in [1.82, 2.24) is 14.7 Å². The van der Waals surface area contributed by atoms with Crippen molar-refractivity contribution in [3.8, 4) is 0 Å². The molecule has 132 valence electrons. The van der Waals surface area contributed by atoms with Crippen LogP contribution in [0.2, 0.25) is 0 Å². The summed E-state index contributed by atoms with van der Waals surface area (Å²) in [5.41, 5.74) is 0.684. The molecule has 2 saturated heterocycles. The molecule has 6 nitrogen and oxygen atoms in total. The number of amides is 3. The van der Waals surface area contributed by atoms with Crippen LogP contribution in [0.15, 0.2) is 30.3 Å². The van der Waals surface area contributed by atoms with Crippen LogP contribution in [0.3, 0.4) is 0 Å². The summed E-state index contributed by atoms with van der Waals surface area (Å²) >= 11 is 0. The standard InChI is InChI=1S/C19H23N3O3/c23-17-12-15(13-22(17)16-6-7-16)19(25)21-10-8-20(9-11-21)18(24)14-4-2-1-3-5-14/h1-5,15-16H,6-13H2. The Kier molecular flexibility index (Phi) is 4.19. The predicted molar refractivity (Wildman–Crippen MR) is 91.8 cm³/mol. The van der Waals surface area contributed by atoms with Gasteiger partial charge < -0.3 is 14.7 Å². The van der Waals surface area contributed by atoms with Gasteiger partial charge in [-0.1, -0.05) is 18.2 Å². The topological polar surface area (TPSA) is 60.9 Å². The highest BCUT2D eigenvalue weighted by atomic mass is 16.2. The summed E-state index contributed by atoms with van der Waals surface area (Å²) in [5, 5.41) is 0. The Morgan fingerprint density at radius 1 is 0.920 bits per heavy atom. The fraction of sp³-hybridized carbons (Fsp3) is 0.526. The number of nitrogens with zero attached hydrogens (tertiary/aromatic N) is 3. The molecular weight excluding hydrogens is 318 g/mol. The maximum atomic E-state index is 12.7. The van der Waals surface area contributed by atoms with Gasteiger partial charge in [-0.15, -0.1) is 0 Å². The Bertz CT molecular complexity index is 678. The van der Waals surface area contributed by atoms with Gasteiger partial charge in [-0.3, -0.25) is 14.4 Å². The zero-order chi connectivity index (χ0) is 17.4. The molecule has 1 unspecified atom stereocenters. The number of carbonyl (C=O) groups excluding carboxylic acids is 3. The third kappa shape index (κ3) is 3.25. The lowest BCUT2D eigenvalue weighted by Gasteiger charge is -2.36. The molecule has 0 spiro atoms. The first-order chi connectivity index (χ1) is 12.1. The van der Waals surface area contributed by atoms with Gasteiger partial charge in [-0.05, 0) is 25.0 Å². The molecule has 1 aromatic rings. The van der Waals surface area contributed by atoms with Gasteiger partial charge in [-0.2, -0.15) is 0 Å².